The van der Waals surface area contributed by atoms with Gasteiger partial charge in [0.05, 0.1) is 10.6 Å². The van der Waals surface area contributed by atoms with Crippen LogP contribution in [0.1, 0.15) is 24.2 Å². The van der Waals surface area contributed by atoms with Gasteiger partial charge in [0.1, 0.15) is 11.5 Å². The molecule has 0 saturated carbocycles. The maximum atomic E-state index is 9.70. The number of rotatable bonds is 3. The zero-order valence-electron chi connectivity index (χ0n) is 10.4. The van der Waals surface area contributed by atoms with Crippen LogP contribution in [0.25, 0.3) is 0 Å². The van der Waals surface area contributed by atoms with Gasteiger partial charge in [-0.3, -0.25) is 0 Å². The molecule has 0 spiro atoms. The summed E-state index contributed by atoms with van der Waals surface area (Å²) in [5.74, 6) is 1.42. The van der Waals surface area contributed by atoms with Crippen molar-refractivity contribution in [3.8, 4) is 11.5 Å². The summed E-state index contributed by atoms with van der Waals surface area (Å²) in [6, 6.07) is 13.4. The molecule has 0 radical (unpaired) electrons. The lowest BCUT2D eigenvalue weighted by atomic mass is 10.1. The van der Waals surface area contributed by atoms with Gasteiger partial charge < -0.3 is 9.84 Å². The van der Waals surface area contributed by atoms with Gasteiger partial charge in [0.2, 0.25) is 0 Å². The van der Waals surface area contributed by atoms with Gasteiger partial charge >= 0.3 is 0 Å². The van der Waals surface area contributed by atoms with Crippen LogP contribution in [0.3, 0.4) is 0 Å². The van der Waals surface area contributed by atoms with Crippen LogP contribution >= 0.6 is 15.9 Å². The van der Waals surface area contributed by atoms with E-state index in [2.05, 4.69) is 15.9 Å². The summed E-state index contributed by atoms with van der Waals surface area (Å²) < 4.78 is 6.76. The summed E-state index contributed by atoms with van der Waals surface area (Å²) in [7, 11) is 0. The van der Waals surface area contributed by atoms with Crippen molar-refractivity contribution in [2.75, 3.05) is 0 Å². The van der Waals surface area contributed by atoms with E-state index < -0.39 is 6.10 Å². The summed E-state index contributed by atoms with van der Waals surface area (Å²) in [6.45, 7) is 3.75. The van der Waals surface area contributed by atoms with Gasteiger partial charge in [0.15, 0.2) is 0 Å². The van der Waals surface area contributed by atoms with Crippen LogP contribution in [0.4, 0.5) is 0 Å². The van der Waals surface area contributed by atoms with E-state index in [1.165, 1.54) is 0 Å². The molecule has 0 heterocycles. The first kappa shape index (κ1) is 13.1. The van der Waals surface area contributed by atoms with Crippen LogP contribution in [-0.2, 0) is 0 Å². The first-order valence-electron chi connectivity index (χ1n) is 5.79. The predicted molar refractivity (Wildman–Crippen MR) is 76.0 cm³/mol. The standard InChI is InChI=1S/C15H15BrO2/c1-10-7-8-15(13(16)9-10)18-14-6-4-3-5-12(14)11(2)17/h3-9,11,17H,1-2H3/t11-/m1/s1. The fraction of sp³-hybridized carbons (Fsp3) is 0.200. The van der Waals surface area contributed by atoms with Crippen LogP contribution < -0.4 is 4.74 Å². The van der Waals surface area contributed by atoms with Crippen molar-refractivity contribution < 1.29 is 9.84 Å². The summed E-state index contributed by atoms with van der Waals surface area (Å²) in [5.41, 5.74) is 1.95. The monoisotopic (exact) mass is 306 g/mol. The average Bonchev–Trinajstić information content (AvgIpc) is 2.33. The molecule has 0 amide bonds. The fourth-order valence-electron chi connectivity index (χ4n) is 1.73. The van der Waals surface area contributed by atoms with E-state index in [4.69, 9.17) is 4.74 Å². The first-order valence-corrected chi connectivity index (χ1v) is 6.58. The third-order valence-electron chi connectivity index (χ3n) is 2.68. The highest BCUT2D eigenvalue weighted by Crippen LogP contribution is 2.33. The Balaban J connectivity index is 2.34. The van der Waals surface area contributed by atoms with Gasteiger partial charge in [0, 0.05) is 5.56 Å². The topological polar surface area (TPSA) is 29.5 Å². The van der Waals surface area contributed by atoms with E-state index in [9.17, 15) is 5.11 Å². The second-order valence-corrected chi connectivity index (χ2v) is 5.10. The molecule has 94 valence electrons. The lowest BCUT2D eigenvalue weighted by Gasteiger charge is -2.14. The minimum Gasteiger partial charge on any atom is -0.456 e. The number of aliphatic hydroxyl groups excluding tert-OH is 1. The predicted octanol–water partition coefficient (Wildman–Crippen LogP) is 4.60. The molecule has 1 N–H and O–H groups in total. The summed E-state index contributed by atoms with van der Waals surface area (Å²) in [6.07, 6.45) is -0.551. The van der Waals surface area contributed by atoms with E-state index in [0.29, 0.717) is 5.75 Å². The molecule has 2 nitrogen and oxygen atoms in total. The second-order valence-electron chi connectivity index (χ2n) is 4.25. The second kappa shape index (κ2) is 5.55. The molecule has 2 rings (SSSR count). The minimum atomic E-state index is -0.551. The van der Waals surface area contributed by atoms with Crippen molar-refractivity contribution in [1.82, 2.24) is 0 Å². The summed E-state index contributed by atoms with van der Waals surface area (Å²) in [4.78, 5) is 0. The third kappa shape index (κ3) is 2.92. The van der Waals surface area contributed by atoms with Crippen LogP contribution in [0.15, 0.2) is 46.9 Å². The highest BCUT2D eigenvalue weighted by molar-refractivity contribution is 9.10. The number of benzene rings is 2. The highest BCUT2D eigenvalue weighted by atomic mass is 79.9. The number of ether oxygens (including phenoxy) is 1. The van der Waals surface area contributed by atoms with E-state index in [1.54, 1.807) is 6.92 Å². The molecule has 2 aromatic rings. The Morgan fingerprint density at radius 2 is 1.83 bits per heavy atom. The third-order valence-corrected chi connectivity index (χ3v) is 3.30. The van der Waals surface area contributed by atoms with Crippen molar-refractivity contribution in [1.29, 1.82) is 0 Å². The highest BCUT2D eigenvalue weighted by Gasteiger charge is 2.10. The Morgan fingerprint density at radius 1 is 1.11 bits per heavy atom. The number of aryl methyl sites for hydroxylation is 1. The van der Waals surface area contributed by atoms with Crippen LogP contribution in [0.2, 0.25) is 0 Å². The smallest absolute Gasteiger partial charge is 0.141 e. The Bertz CT molecular complexity index is 550. The molecule has 3 heteroatoms. The normalized spacial score (nSPS) is 12.2. The molecular formula is C15H15BrO2. The molecule has 18 heavy (non-hydrogen) atoms. The van der Waals surface area contributed by atoms with Gasteiger partial charge in [-0.05, 0) is 53.5 Å². The van der Waals surface area contributed by atoms with Gasteiger partial charge in [-0.1, -0.05) is 24.3 Å². The van der Waals surface area contributed by atoms with E-state index >= 15 is 0 Å². The number of halogens is 1. The Morgan fingerprint density at radius 3 is 2.50 bits per heavy atom. The molecule has 1 atom stereocenters. The van der Waals surface area contributed by atoms with Crippen LogP contribution in [-0.4, -0.2) is 5.11 Å². The zero-order chi connectivity index (χ0) is 13.1. The van der Waals surface area contributed by atoms with Gasteiger partial charge in [0.25, 0.3) is 0 Å². The molecule has 0 bridgehead atoms. The van der Waals surface area contributed by atoms with E-state index in [-0.39, 0.29) is 0 Å². The van der Waals surface area contributed by atoms with Crippen molar-refractivity contribution in [3.63, 3.8) is 0 Å². The maximum absolute atomic E-state index is 9.70. The lowest BCUT2D eigenvalue weighted by molar-refractivity contribution is 0.195. The Labute approximate surface area is 115 Å². The Hall–Kier alpha value is -1.32. The lowest BCUT2D eigenvalue weighted by Crippen LogP contribution is -1.96. The molecule has 0 fully saturated rings. The van der Waals surface area contributed by atoms with Crippen molar-refractivity contribution in [2.45, 2.75) is 20.0 Å². The van der Waals surface area contributed by atoms with Crippen molar-refractivity contribution >= 4 is 15.9 Å². The molecule has 2 aromatic carbocycles. The van der Waals surface area contributed by atoms with Crippen LogP contribution in [0, 0.1) is 6.92 Å². The summed E-state index contributed by atoms with van der Waals surface area (Å²) >= 11 is 3.48. The number of hydrogen-bond donors (Lipinski definition) is 1. The first-order chi connectivity index (χ1) is 8.58. The van der Waals surface area contributed by atoms with Gasteiger partial charge in [-0.15, -0.1) is 0 Å². The largest absolute Gasteiger partial charge is 0.456 e. The molecule has 0 aliphatic carbocycles. The molecular weight excluding hydrogens is 292 g/mol. The molecule has 0 saturated heterocycles. The van der Waals surface area contributed by atoms with E-state index in [0.717, 1.165) is 21.3 Å². The zero-order valence-corrected chi connectivity index (χ0v) is 11.9. The van der Waals surface area contributed by atoms with Gasteiger partial charge in [-0.25, -0.2) is 0 Å². The Kier molecular flexibility index (Phi) is 4.04. The fourth-order valence-corrected chi connectivity index (χ4v) is 2.30. The number of aliphatic hydroxyl groups is 1. The van der Waals surface area contributed by atoms with Gasteiger partial charge in [-0.2, -0.15) is 0 Å². The van der Waals surface area contributed by atoms with Crippen molar-refractivity contribution in [2.24, 2.45) is 0 Å². The van der Waals surface area contributed by atoms with Crippen LogP contribution in [0.5, 0.6) is 11.5 Å². The van der Waals surface area contributed by atoms with E-state index in [1.807, 2.05) is 49.4 Å². The molecule has 0 aromatic heterocycles. The molecule has 0 unspecified atom stereocenters. The average molecular weight is 307 g/mol. The SMILES string of the molecule is Cc1ccc(Oc2ccccc2[C@@H](C)O)c(Br)c1. The molecule has 0 aliphatic rings. The number of hydrogen-bond acceptors (Lipinski definition) is 2. The molecule has 0 aliphatic heterocycles. The maximum Gasteiger partial charge on any atom is 0.141 e. The van der Waals surface area contributed by atoms with Crippen molar-refractivity contribution in [3.05, 3.63) is 58.1 Å². The number of para-hydroxylation sites is 1. The minimum absolute atomic E-state index is 0.551. The quantitative estimate of drug-likeness (QED) is 0.897. The summed E-state index contributed by atoms with van der Waals surface area (Å²) in [5, 5.41) is 9.70.